The van der Waals surface area contributed by atoms with E-state index in [1.54, 1.807) is 0 Å². The summed E-state index contributed by atoms with van der Waals surface area (Å²) < 4.78 is 30.6. The summed E-state index contributed by atoms with van der Waals surface area (Å²) in [6.07, 6.45) is -2.16. The molecular formula is C12H19F2N3O3S. The minimum atomic E-state index is -2.49. The first-order valence-electron chi connectivity index (χ1n) is 6.37. The quantitative estimate of drug-likeness (QED) is 0.583. The van der Waals surface area contributed by atoms with E-state index in [0.29, 0.717) is 17.4 Å². The molecule has 120 valence electrons. The van der Waals surface area contributed by atoms with Gasteiger partial charge in [0.1, 0.15) is 12.4 Å². The summed E-state index contributed by atoms with van der Waals surface area (Å²) >= 11 is 1.08. The Labute approximate surface area is 125 Å². The monoisotopic (exact) mass is 323 g/mol. The van der Waals surface area contributed by atoms with Gasteiger partial charge in [-0.1, -0.05) is 11.8 Å². The lowest BCUT2D eigenvalue weighted by Gasteiger charge is -2.24. The summed E-state index contributed by atoms with van der Waals surface area (Å²) in [7, 11) is 0. The Balaban J connectivity index is 2.76. The van der Waals surface area contributed by atoms with Crippen LogP contribution in [0.5, 0.6) is 0 Å². The second-order valence-electron chi connectivity index (χ2n) is 5.30. The van der Waals surface area contributed by atoms with Crippen molar-refractivity contribution in [1.29, 1.82) is 0 Å². The molecule has 1 heterocycles. The van der Waals surface area contributed by atoms with Crippen molar-refractivity contribution in [1.82, 2.24) is 14.8 Å². The van der Waals surface area contributed by atoms with E-state index in [1.165, 1.54) is 0 Å². The van der Waals surface area contributed by atoms with Gasteiger partial charge in [0.2, 0.25) is 0 Å². The Hall–Kier alpha value is -1.22. The number of carboxylic acids is 1. The highest BCUT2D eigenvalue weighted by atomic mass is 32.2. The highest BCUT2D eigenvalue weighted by Crippen LogP contribution is 2.25. The molecule has 0 aliphatic carbocycles. The molecule has 0 aliphatic rings. The second kappa shape index (κ2) is 7.69. The fourth-order valence-corrected chi connectivity index (χ4v) is 2.55. The van der Waals surface area contributed by atoms with Gasteiger partial charge in [-0.15, -0.1) is 10.2 Å². The fourth-order valence-electron chi connectivity index (χ4n) is 1.69. The van der Waals surface area contributed by atoms with Crippen molar-refractivity contribution >= 4 is 17.7 Å². The average molecular weight is 323 g/mol. The SMILES string of the molecule is CC(C)(C)n1c(CCOCC(F)F)nnc1SCC(=O)O. The van der Waals surface area contributed by atoms with Gasteiger partial charge in [0.05, 0.1) is 12.4 Å². The van der Waals surface area contributed by atoms with Crippen LogP contribution in [0.2, 0.25) is 0 Å². The summed E-state index contributed by atoms with van der Waals surface area (Å²) in [4.78, 5) is 10.6. The Morgan fingerprint density at radius 2 is 2.10 bits per heavy atom. The van der Waals surface area contributed by atoms with Crippen LogP contribution >= 0.6 is 11.8 Å². The number of rotatable bonds is 8. The topological polar surface area (TPSA) is 77.2 Å². The molecule has 0 fully saturated rings. The van der Waals surface area contributed by atoms with Crippen LogP contribution < -0.4 is 0 Å². The van der Waals surface area contributed by atoms with Crippen LogP contribution in [0.15, 0.2) is 5.16 Å². The molecule has 1 aromatic heterocycles. The standard InChI is InChI=1S/C12H19F2N3O3S/c1-12(2,3)17-9(4-5-20-6-8(13)14)15-16-11(17)21-7-10(18)19/h8H,4-7H2,1-3H3,(H,18,19). The maximum absolute atomic E-state index is 12.0. The van der Waals surface area contributed by atoms with Crippen LogP contribution in [0, 0.1) is 0 Å². The van der Waals surface area contributed by atoms with E-state index in [-0.39, 0.29) is 17.9 Å². The number of hydrogen-bond acceptors (Lipinski definition) is 5. The number of carboxylic acid groups (broad SMARTS) is 1. The zero-order chi connectivity index (χ0) is 16.0. The van der Waals surface area contributed by atoms with Crippen LogP contribution in [0.3, 0.4) is 0 Å². The molecule has 0 atom stereocenters. The number of ether oxygens (including phenoxy) is 1. The molecule has 0 amide bonds. The zero-order valence-electron chi connectivity index (χ0n) is 12.2. The van der Waals surface area contributed by atoms with Crippen molar-refractivity contribution in [2.45, 2.75) is 44.3 Å². The summed E-state index contributed by atoms with van der Waals surface area (Å²) in [5.41, 5.74) is -0.345. The molecule has 0 unspecified atom stereocenters. The van der Waals surface area contributed by atoms with Crippen LogP contribution in [-0.2, 0) is 21.5 Å². The molecule has 9 heteroatoms. The fraction of sp³-hybridized carbons (Fsp3) is 0.750. The molecule has 1 aromatic rings. The molecule has 0 aliphatic heterocycles. The van der Waals surface area contributed by atoms with Gasteiger partial charge < -0.3 is 14.4 Å². The third-order valence-corrected chi connectivity index (χ3v) is 3.32. The van der Waals surface area contributed by atoms with Crippen molar-refractivity contribution in [2.75, 3.05) is 19.0 Å². The van der Waals surface area contributed by atoms with Crippen molar-refractivity contribution in [3.05, 3.63) is 5.82 Å². The molecule has 1 N–H and O–H groups in total. The average Bonchev–Trinajstić information content (AvgIpc) is 2.74. The largest absolute Gasteiger partial charge is 0.481 e. The first-order valence-corrected chi connectivity index (χ1v) is 7.35. The maximum atomic E-state index is 12.0. The van der Waals surface area contributed by atoms with E-state index < -0.39 is 19.0 Å². The molecule has 0 radical (unpaired) electrons. The molecule has 6 nitrogen and oxygen atoms in total. The smallest absolute Gasteiger partial charge is 0.313 e. The lowest BCUT2D eigenvalue weighted by atomic mass is 10.1. The molecule has 0 spiro atoms. The first kappa shape index (κ1) is 17.8. The third-order valence-electron chi connectivity index (χ3n) is 2.41. The number of aliphatic carboxylic acids is 1. The third kappa shape index (κ3) is 5.96. The molecule has 1 rings (SSSR count). The van der Waals surface area contributed by atoms with Gasteiger partial charge in [0.25, 0.3) is 6.43 Å². The van der Waals surface area contributed by atoms with Crippen molar-refractivity contribution in [3.8, 4) is 0 Å². The number of thioether (sulfide) groups is 1. The van der Waals surface area contributed by atoms with Gasteiger partial charge in [-0.25, -0.2) is 8.78 Å². The van der Waals surface area contributed by atoms with Gasteiger partial charge in [-0.05, 0) is 20.8 Å². The van der Waals surface area contributed by atoms with Crippen LogP contribution in [0.4, 0.5) is 8.78 Å². The van der Waals surface area contributed by atoms with Gasteiger partial charge in [-0.3, -0.25) is 4.79 Å². The number of hydrogen-bond donors (Lipinski definition) is 1. The van der Waals surface area contributed by atoms with Crippen LogP contribution in [0.1, 0.15) is 26.6 Å². The first-order chi connectivity index (χ1) is 9.71. The lowest BCUT2D eigenvalue weighted by molar-refractivity contribution is -0.133. The molecule has 0 saturated heterocycles. The maximum Gasteiger partial charge on any atom is 0.313 e. The summed E-state index contributed by atoms with van der Waals surface area (Å²) in [5.74, 6) is -0.467. The molecule has 0 saturated carbocycles. The number of nitrogens with zero attached hydrogens (tertiary/aromatic N) is 3. The van der Waals surface area contributed by atoms with Gasteiger partial charge in [0.15, 0.2) is 5.16 Å². The van der Waals surface area contributed by atoms with E-state index in [4.69, 9.17) is 9.84 Å². The summed E-state index contributed by atoms with van der Waals surface area (Å²) in [6, 6.07) is 0. The van der Waals surface area contributed by atoms with Crippen molar-refractivity contribution in [2.24, 2.45) is 0 Å². The summed E-state index contributed by atoms with van der Waals surface area (Å²) in [5, 5.41) is 17.2. The molecule has 0 bridgehead atoms. The van der Waals surface area contributed by atoms with Gasteiger partial charge >= 0.3 is 5.97 Å². The molecule has 21 heavy (non-hydrogen) atoms. The minimum Gasteiger partial charge on any atom is -0.481 e. The lowest BCUT2D eigenvalue weighted by Crippen LogP contribution is -2.26. The van der Waals surface area contributed by atoms with E-state index >= 15 is 0 Å². The normalized spacial score (nSPS) is 12.1. The number of alkyl halides is 2. The Morgan fingerprint density at radius 1 is 1.43 bits per heavy atom. The molecule has 0 aromatic carbocycles. The van der Waals surface area contributed by atoms with E-state index in [1.807, 2.05) is 25.3 Å². The Bertz CT molecular complexity index is 475. The van der Waals surface area contributed by atoms with E-state index in [2.05, 4.69) is 10.2 Å². The van der Waals surface area contributed by atoms with Crippen molar-refractivity contribution < 1.29 is 23.4 Å². The Morgan fingerprint density at radius 3 is 2.62 bits per heavy atom. The predicted octanol–water partition coefficient (Wildman–Crippen LogP) is 2.03. The minimum absolute atomic E-state index is 0.113. The highest BCUT2D eigenvalue weighted by molar-refractivity contribution is 7.99. The predicted molar refractivity (Wildman–Crippen MR) is 73.9 cm³/mol. The number of carbonyl (C=O) groups is 1. The highest BCUT2D eigenvalue weighted by Gasteiger charge is 2.23. The van der Waals surface area contributed by atoms with Gasteiger partial charge in [0, 0.05) is 12.0 Å². The molecular weight excluding hydrogens is 304 g/mol. The zero-order valence-corrected chi connectivity index (χ0v) is 13.0. The van der Waals surface area contributed by atoms with Crippen LogP contribution in [0.25, 0.3) is 0 Å². The number of aromatic nitrogens is 3. The number of halogens is 2. The Kier molecular flexibility index (Phi) is 6.53. The summed E-state index contributed by atoms with van der Waals surface area (Å²) in [6.45, 7) is 5.31. The van der Waals surface area contributed by atoms with E-state index in [0.717, 1.165) is 11.8 Å². The van der Waals surface area contributed by atoms with Crippen LogP contribution in [-0.4, -0.2) is 51.2 Å². The van der Waals surface area contributed by atoms with Gasteiger partial charge in [-0.2, -0.15) is 0 Å². The second-order valence-corrected chi connectivity index (χ2v) is 6.25. The van der Waals surface area contributed by atoms with E-state index in [9.17, 15) is 13.6 Å². The van der Waals surface area contributed by atoms with Crippen molar-refractivity contribution in [3.63, 3.8) is 0 Å².